The lowest BCUT2D eigenvalue weighted by Gasteiger charge is -2.45. The van der Waals surface area contributed by atoms with E-state index in [1.807, 2.05) is 60.7 Å². The van der Waals surface area contributed by atoms with Crippen LogP contribution in [0.2, 0.25) is 0 Å². The van der Waals surface area contributed by atoms with E-state index in [-0.39, 0.29) is 159 Å². The summed E-state index contributed by atoms with van der Waals surface area (Å²) in [5, 5.41) is 11.6. The fourth-order valence-corrected chi connectivity index (χ4v) is 14.0. The van der Waals surface area contributed by atoms with E-state index in [1.54, 1.807) is 0 Å². The van der Waals surface area contributed by atoms with Gasteiger partial charge >= 0.3 is 0 Å². The molecular formula is C63H18B20. The largest absolute Gasteiger partial charge is 0.115 e. The molecule has 0 N–H and O–H groups in total. The van der Waals surface area contributed by atoms with Gasteiger partial charge in [-0.2, -0.15) is 0 Å². The third-order valence-electron chi connectivity index (χ3n) is 17.9. The van der Waals surface area contributed by atoms with Crippen LogP contribution < -0.4 is 109 Å². The second-order valence-corrected chi connectivity index (χ2v) is 21.7. The Kier molecular flexibility index (Phi) is 12.2. The minimum Gasteiger partial charge on any atom is -0.112 e. The third-order valence-corrected chi connectivity index (χ3v) is 17.9. The van der Waals surface area contributed by atoms with Crippen LogP contribution in [0.25, 0.3) is 109 Å². The van der Waals surface area contributed by atoms with Crippen LogP contribution in [0.4, 0.5) is 0 Å². The van der Waals surface area contributed by atoms with Gasteiger partial charge in [-0.3, -0.25) is 0 Å². The molecule has 0 aliphatic heterocycles. The first-order valence-electron chi connectivity index (χ1n) is 26.2. The average molecular weight is 991 g/mol. The average Bonchev–Trinajstić information content (AvgIpc) is 1.55. The van der Waals surface area contributed by atoms with Gasteiger partial charge in [-0.1, -0.05) is 158 Å². The van der Waals surface area contributed by atoms with Crippen LogP contribution in [0.3, 0.4) is 0 Å². The lowest BCUT2D eigenvalue weighted by molar-refractivity contribution is 0.805. The summed E-state index contributed by atoms with van der Waals surface area (Å²) < 4.78 is 0. The fraction of sp³-hybridized carbons (Fsp3) is 0.0159. The molecule has 1 aliphatic carbocycles. The van der Waals surface area contributed by atoms with E-state index >= 15 is 0 Å². The molecule has 0 bridgehead atoms. The highest BCUT2D eigenvalue weighted by Crippen LogP contribution is 2.53. The van der Waals surface area contributed by atoms with Gasteiger partial charge in [-0.05, 0) is 131 Å². The maximum Gasteiger partial charge on any atom is 0.115 e. The van der Waals surface area contributed by atoms with Crippen molar-refractivity contribution in [1.29, 1.82) is 0 Å². The molecule has 0 amide bonds. The molecular weight excluding hydrogens is 973 g/mol. The van der Waals surface area contributed by atoms with Crippen LogP contribution >= 0.6 is 0 Å². The first kappa shape index (κ1) is 54.2. The normalized spacial score (nSPS) is 12.9. The molecule has 13 aromatic rings. The van der Waals surface area contributed by atoms with Crippen LogP contribution in [0.5, 0.6) is 0 Å². The molecule has 0 aromatic heterocycles. The Labute approximate surface area is 508 Å². The molecule has 40 radical (unpaired) electrons. The van der Waals surface area contributed by atoms with Crippen molar-refractivity contribution in [3.63, 3.8) is 0 Å². The van der Waals surface area contributed by atoms with Gasteiger partial charge in [-0.25, -0.2) is 0 Å². The minimum absolute atomic E-state index is 0.00977. The zero-order valence-corrected chi connectivity index (χ0v) is 44.4. The Morgan fingerprint density at radius 2 is 0.434 bits per heavy atom. The molecule has 14 rings (SSSR count). The molecule has 83 heavy (non-hydrogen) atoms. The SMILES string of the molecule is [B]c1c([B])c([B])c(C2(c3c([B])c([B])c([B])c([B])c3[B])c3c([B])c(-c4c([B])c([B])c([B])c(-c5ccc6ccc7cccc8ccc5c6c78)c4[B])c([B])c([B])c3-c3c([B])c([B])c(-c4ccc5ccc6cccc7ccc4c5c67)c([B])c32)c([B])c1[B]. The highest BCUT2D eigenvalue weighted by molar-refractivity contribution is 6.71. The molecule has 0 atom stereocenters. The Hall–Kier alpha value is -6.76. The van der Waals surface area contributed by atoms with Crippen LogP contribution in [0.15, 0.2) is 109 Å². The first-order valence-corrected chi connectivity index (χ1v) is 26.2. The molecule has 0 saturated heterocycles. The second-order valence-electron chi connectivity index (χ2n) is 21.7. The van der Waals surface area contributed by atoms with Crippen molar-refractivity contribution in [2.45, 2.75) is 5.41 Å². The maximum atomic E-state index is 7.96. The Morgan fingerprint density at radius 1 is 0.181 bits per heavy atom. The van der Waals surface area contributed by atoms with Crippen LogP contribution in [0, 0.1) is 0 Å². The van der Waals surface area contributed by atoms with Crippen LogP contribution in [-0.4, -0.2) is 157 Å². The molecule has 0 nitrogen and oxygen atoms in total. The summed E-state index contributed by atoms with van der Waals surface area (Å²) in [6.07, 6.45) is 0. The van der Waals surface area contributed by atoms with Crippen molar-refractivity contribution in [1.82, 2.24) is 0 Å². The quantitative estimate of drug-likeness (QED) is 0.119. The van der Waals surface area contributed by atoms with Crippen molar-refractivity contribution in [3.05, 3.63) is 131 Å². The van der Waals surface area contributed by atoms with E-state index in [1.165, 1.54) is 0 Å². The monoisotopic (exact) mass is 994 g/mol. The van der Waals surface area contributed by atoms with Gasteiger partial charge in [0.2, 0.25) is 0 Å². The Balaban J connectivity index is 1.19. The summed E-state index contributed by atoms with van der Waals surface area (Å²) >= 11 is 0. The predicted octanol–water partition coefficient (Wildman–Crippen LogP) is -7.28. The fourth-order valence-electron chi connectivity index (χ4n) is 14.0. The van der Waals surface area contributed by atoms with E-state index in [4.69, 9.17) is 157 Å². The molecule has 20 heteroatoms. The van der Waals surface area contributed by atoms with Gasteiger partial charge in [0.15, 0.2) is 0 Å². The molecule has 0 unspecified atom stereocenters. The summed E-state index contributed by atoms with van der Waals surface area (Å²) in [5.74, 6) is 0. The molecule has 13 aromatic carbocycles. The molecule has 1 aliphatic rings. The Morgan fingerprint density at radius 3 is 0.831 bits per heavy atom. The van der Waals surface area contributed by atoms with E-state index in [2.05, 4.69) is 48.5 Å². The summed E-state index contributed by atoms with van der Waals surface area (Å²) in [6.45, 7) is 0. The summed E-state index contributed by atoms with van der Waals surface area (Å²) in [6, 6.07) is 36.4. The summed E-state index contributed by atoms with van der Waals surface area (Å²) in [7, 11) is 145. The van der Waals surface area contributed by atoms with Gasteiger partial charge in [0.1, 0.15) is 157 Å². The van der Waals surface area contributed by atoms with E-state index in [0.29, 0.717) is 16.7 Å². The highest BCUT2D eigenvalue weighted by atomic mass is 14.5. The van der Waals surface area contributed by atoms with Crippen molar-refractivity contribution < 1.29 is 0 Å². The smallest absolute Gasteiger partial charge is 0.112 e. The summed E-state index contributed by atoms with van der Waals surface area (Å²) in [4.78, 5) is 0. The lowest BCUT2D eigenvalue weighted by atomic mass is 9.47. The number of hydrogen-bond acceptors (Lipinski definition) is 0. The Bertz CT molecular complexity index is 5000. The maximum absolute atomic E-state index is 7.96. The molecule has 0 fully saturated rings. The van der Waals surface area contributed by atoms with E-state index in [0.717, 1.165) is 64.6 Å². The van der Waals surface area contributed by atoms with Crippen LogP contribution in [-0.2, 0) is 5.41 Å². The molecule has 0 heterocycles. The van der Waals surface area contributed by atoms with E-state index in [9.17, 15) is 0 Å². The van der Waals surface area contributed by atoms with Crippen molar-refractivity contribution >= 4 is 331 Å². The summed E-state index contributed by atoms with van der Waals surface area (Å²) in [5.41, 5.74) is -2.69. The zero-order valence-electron chi connectivity index (χ0n) is 44.4. The van der Waals surface area contributed by atoms with Gasteiger partial charge in [0.25, 0.3) is 0 Å². The van der Waals surface area contributed by atoms with Gasteiger partial charge < -0.3 is 0 Å². The molecule has 0 saturated carbocycles. The van der Waals surface area contributed by atoms with Crippen molar-refractivity contribution in [2.75, 3.05) is 0 Å². The van der Waals surface area contributed by atoms with Gasteiger partial charge in [-0.15, -0.1) is 60.1 Å². The number of hydrogen-bond donors (Lipinski definition) is 0. The van der Waals surface area contributed by atoms with Gasteiger partial charge in [0.05, 0.1) is 5.41 Å². The van der Waals surface area contributed by atoms with Gasteiger partial charge in [0, 0.05) is 0 Å². The molecule has 330 valence electrons. The zero-order chi connectivity index (χ0) is 58.6. The highest BCUT2D eigenvalue weighted by Gasteiger charge is 2.53. The van der Waals surface area contributed by atoms with Crippen molar-refractivity contribution in [2.24, 2.45) is 0 Å². The topological polar surface area (TPSA) is 0 Å². The predicted molar refractivity (Wildman–Crippen MR) is 375 cm³/mol. The number of benzene rings is 13. The third kappa shape index (κ3) is 6.82. The number of fused-ring (bicyclic) bond motifs is 3. The van der Waals surface area contributed by atoms with Crippen molar-refractivity contribution in [3.8, 4) is 44.5 Å². The first-order chi connectivity index (χ1) is 39.6. The standard InChI is InChI=1S/C63H18B20/c64-43-33(27-17-13-23-9-7-19-3-1-5-21-11-15-25(27)31(23)29(19)21)47(68)56(77)51(72)37(43)38-45(66)40-36(49(70)50(38)71)35-39(63(40,41-52(73)57(78)61(82)58(79)53(41)74)42-54(75)59(80)62(83)60(81)55(42)76)44(65)34(46(67)48(35)69)28-18-14-24-10-8-20-4-2-6-22-12-16-26(28)32(24)30(20)22/h1-18H. The molecule has 0 spiro atoms. The lowest BCUT2D eigenvalue weighted by Crippen LogP contribution is -2.65. The minimum atomic E-state index is -2.30. The second kappa shape index (κ2) is 18.6. The van der Waals surface area contributed by atoms with Crippen LogP contribution in [0.1, 0.15) is 22.3 Å². The van der Waals surface area contributed by atoms with E-state index < -0.39 is 5.41 Å². The number of rotatable bonds is 5.